The predicted octanol–water partition coefficient (Wildman–Crippen LogP) is 2.63. The van der Waals surface area contributed by atoms with Gasteiger partial charge < -0.3 is 14.5 Å². The third-order valence-electron chi connectivity index (χ3n) is 4.61. The molecule has 0 saturated carbocycles. The van der Waals surface area contributed by atoms with Crippen LogP contribution in [0.15, 0.2) is 24.3 Å². The Morgan fingerprint density at radius 2 is 2.13 bits per heavy atom. The average Bonchev–Trinajstić information content (AvgIpc) is 2.46. The molecule has 0 fully saturated rings. The third kappa shape index (κ3) is 6.49. The van der Waals surface area contributed by atoms with Gasteiger partial charge in [0.15, 0.2) is 8.32 Å². The summed E-state index contributed by atoms with van der Waals surface area (Å²) >= 11 is 0. The lowest BCUT2D eigenvalue weighted by Gasteiger charge is -2.38. The van der Waals surface area contributed by atoms with Crippen LogP contribution in [-0.4, -0.2) is 53.9 Å². The van der Waals surface area contributed by atoms with Gasteiger partial charge in [0.25, 0.3) is 0 Å². The van der Waals surface area contributed by atoms with E-state index < -0.39 is 8.32 Å². The molecule has 0 aromatic rings. The maximum absolute atomic E-state index is 6.32. The fraction of sp³-hybridized carbons (Fsp3) is 0.765. The van der Waals surface area contributed by atoms with Crippen LogP contribution in [-0.2, 0) is 14.0 Å². The molecule has 0 bridgehead atoms. The highest BCUT2D eigenvalue weighted by atomic mass is 28.4. The molecule has 1 aliphatic heterocycles. The summed E-state index contributed by atoms with van der Waals surface area (Å²) in [6.07, 6.45) is 3.92. The van der Waals surface area contributed by atoms with Crippen LogP contribution in [0.3, 0.4) is 0 Å². The summed E-state index contributed by atoms with van der Waals surface area (Å²) in [7, 11) is -0.0102. The number of rotatable bonds is 9. The fourth-order valence-corrected chi connectivity index (χ4v) is 3.13. The maximum Gasteiger partial charge on any atom is 0.192 e. The lowest BCUT2D eigenvalue weighted by molar-refractivity contribution is 0.0372. The molecule has 0 spiro atoms. The van der Waals surface area contributed by atoms with Crippen molar-refractivity contribution in [1.82, 2.24) is 10.8 Å². The van der Waals surface area contributed by atoms with Gasteiger partial charge in [-0.2, -0.15) is 5.48 Å². The van der Waals surface area contributed by atoms with Crippen LogP contribution in [0.2, 0.25) is 18.1 Å². The van der Waals surface area contributed by atoms with Gasteiger partial charge in [-0.15, -0.1) is 6.58 Å². The average molecular weight is 343 g/mol. The SMILES string of the molecule is C=CCONC1CNC(CO[Si](C)(C)C(C)(C)C)C=C1COC. The van der Waals surface area contributed by atoms with Crippen LogP contribution in [0, 0.1) is 0 Å². The van der Waals surface area contributed by atoms with E-state index in [9.17, 15) is 0 Å². The number of methoxy groups -OCH3 is 1. The van der Waals surface area contributed by atoms with Crippen LogP contribution in [0.25, 0.3) is 0 Å². The Hall–Kier alpha value is -0.503. The van der Waals surface area contributed by atoms with Crippen molar-refractivity contribution in [2.24, 2.45) is 0 Å². The zero-order valence-corrected chi connectivity index (χ0v) is 16.6. The zero-order valence-electron chi connectivity index (χ0n) is 15.6. The Labute approximate surface area is 142 Å². The quantitative estimate of drug-likeness (QED) is 0.292. The van der Waals surface area contributed by atoms with Gasteiger partial charge in [-0.3, -0.25) is 4.84 Å². The standard InChI is InChI=1S/C17H34N2O3Si/c1-8-9-21-19-16-11-18-15(10-14(16)12-20-5)13-22-23(6,7)17(2,3)4/h8,10,15-16,18-19H,1,9,11-13H2,2-7H3. The van der Waals surface area contributed by atoms with E-state index in [1.165, 1.54) is 5.57 Å². The minimum atomic E-state index is -1.72. The molecule has 5 nitrogen and oxygen atoms in total. The molecule has 0 amide bonds. The van der Waals surface area contributed by atoms with Gasteiger partial charge in [0.05, 0.1) is 25.9 Å². The van der Waals surface area contributed by atoms with Crippen LogP contribution >= 0.6 is 0 Å². The smallest absolute Gasteiger partial charge is 0.192 e. The summed E-state index contributed by atoms with van der Waals surface area (Å²) in [4.78, 5) is 5.36. The number of ether oxygens (including phenoxy) is 1. The molecule has 0 radical (unpaired) electrons. The van der Waals surface area contributed by atoms with Crippen molar-refractivity contribution in [2.45, 2.75) is 51.0 Å². The maximum atomic E-state index is 6.32. The molecule has 1 aliphatic rings. The van der Waals surface area contributed by atoms with Crippen molar-refractivity contribution in [3.05, 3.63) is 24.3 Å². The van der Waals surface area contributed by atoms with E-state index in [4.69, 9.17) is 14.0 Å². The van der Waals surface area contributed by atoms with Crippen molar-refractivity contribution in [3.63, 3.8) is 0 Å². The molecule has 23 heavy (non-hydrogen) atoms. The van der Waals surface area contributed by atoms with E-state index in [1.54, 1.807) is 13.2 Å². The molecule has 0 aromatic carbocycles. The van der Waals surface area contributed by atoms with E-state index in [2.05, 4.69) is 57.3 Å². The van der Waals surface area contributed by atoms with Gasteiger partial charge in [-0.05, 0) is 23.7 Å². The molecule has 2 atom stereocenters. The lowest BCUT2D eigenvalue weighted by Crippen LogP contribution is -2.51. The largest absolute Gasteiger partial charge is 0.415 e. The Morgan fingerprint density at radius 1 is 1.43 bits per heavy atom. The van der Waals surface area contributed by atoms with Crippen LogP contribution in [0.5, 0.6) is 0 Å². The summed E-state index contributed by atoms with van der Waals surface area (Å²) in [6.45, 7) is 17.5. The second kappa shape index (κ2) is 9.10. The summed E-state index contributed by atoms with van der Waals surface area (Å²) in [5.41, 5.74) is 4.25. The number of nitrogens with one attached hydrogen (secondary N) is 2. The van der Waals surface area contributed by atoms with E-state index in [0.29, 0.717) is 19.8 Å². The van der Waals surface area contributed by atoms with Crippen LogP contribution in [0.1, 0.15) is 20.8 Å². The van der Waals surface area contributed by atoms with E-state index in [0.717, 1.165) is 6.54 Å². The lowest BCUT2D eigenvalue weighted by atomic mass is 10.0. The topological polar surface area (TPSA) is 51.8 Å². The second-order valence-corrected chi connectivity index (χ2v) is 12.3. The molecule has 0 saturated heterocycles. The highest BCUT2D eigenvalue weighted by Gasteiger charge is 2.37. The Morgan fingerprint density at radius 3 is 2.70 bits per heavy atom. The molecule has 2 N–H and O–H groups in total. The first-order valence-corrected chi connectivity index (χ1v) is 11.2. The van der Waals surface area contributed by atoms with E-state index in [-0.39, 0.29) is 17.1 Å². The molecule has 2 unspecified atom stereocenters. The number of hydroxylamine groups is 1. The van der Waals surface area contributed by atoms with Gasteiger partial charge >= 0.3 is 0 Å². The van der Waals surface area contributed by atoms with Crippen molar-refractivity contribution in [2.75, 3.05) is 33.5 Å². The van der Waals surface area contributed by atoms with E-state index >= 15 is 0 Å². The molecule has 1 heterocycles. The Bertz CT molecular complexity index is 405. The Kier molecular flexibility index (Phi) is 8.13. The Balaban J connectivity index is 2.63. The molecular formula is C17H34N2O3Si. The molecule has 0 aromatic heterocycles. The van der Waals surface area contributed by atoms with E-state index in [1.807, 2.05) is 0 Å². The molecule has 0 aliphatic carbocycles. The normalized spacial score (nSPS) is 22.8. The summed E-state index contributed by atoms with van der Waals surface area (Å²) in [5, 5.41) is 3.73. The van der Waals surface area contributed by atoms with Crippen LogP contribution in [0.4, 0.5) is 0 Å². The predicted molar refractivity (Wildman–Crippen MR) is 98.0 cm³/mol. The van der Waals surface area contributed by atoms with Crippen molar-refractivity contribution >= 4 is 8.32 Å². The van der Waals surface area contributed by atoms with Gasteiger partial charge in [0.1, 0.15) is 0 Å². The molecule has 134 valence electrons. The second-order valence-electron chi connectivity index (χ2n) is 7.53. The van der Waals surface area contributed by atoms with Gasteiger partial charge in [0, 0.05) is 19.7 Å². The van der Waals surface area contributed by atoms with Crippen molar-refractivity contribution < 1.29 is 14.0 Å². The third-order valence-corrected chi connectivity index (χ3v) is 9.12. The van der Waals surface area contributed by atoms with Crippen molar-refractivity contribution in [3.8, 4) is 0 Å². The monoisotopic (exact) mass is 342 g/mol. The summed E-state index contributed by atoms with van der Waals surface area (Å²) < 4.78 is 11.6. The number of hydrogen-bond acceptors (Lipinski definition) is 5. The fourth-order valence-electron chi connectivity index (χ4n) is 2.10. The minimum absolute atomic E-state index is 0.110. The molecule has 6 heteroatoms. The highest BCUT2D eigenvalue weighted by Crippen LogP contribution is 2.36. The zero-order chi connectivity index (χ0) is 17.5. The number of hydrogen-bond donors (Lipinski definition) is 2. The first kappa shape index (κ1) is 20.5. The summed E-state index contributed by atoms with van der Waals surface area (Å²) in [5.74, 6) is 0. The minimum Gasteiger partial charge on any atom is -0.415 e. The first-order chi connectivity index (χ1) is 10.7. The van der Waals surface area contributed by atoms with Crippen LogP contribution < -0.4 is 10.8 Å². The van der Waals surface area contributed by atoms with Gasteiger partial charge in [0.2, 0.25) is 0 Å². The van der Waals surface area contributed by atoms with Crippen molar-refractivity contribution in [1.29, 1.82) is 0 Å². The van der Waals surface area contributed by atoms with Gasteiger partial charge in [-0.1, -0.05) is 32.9 Å². The first-order valence-electron chi connectivity index (χ1n) is 8.26. The highest BCUT2D eigenvalue weighted by molar-refractivity contribution is 6.74. The summed E-state index contributed by atoms with van der Waals surface area (Å²) in [6, 6.07) is 0.325. The molecule has 1 rings (SSSR count). The molecular weight excluding hydrogens is 308 g/mol. The van der Waals surface area contributed by atoms with Gasteiger partial charge in [-0.25, -0.2) is 0 Å².